The van der Waals surface area contributed by atoms with Crippen molar-refractivity contribution in [3.05, 3.63) is 24.3 Å². The molecular formula is C9H14N4O2S2. The van der Waals surface area contributed by atoms with Crippen LogP contribution in [-0.4, -0.2) is 30.9 Å². The van der Waals surface area contributed by atoms with Gasteiger partial charge in [-0.05, 0) is 36.5 Å². The van der Waals surface area contributed by atoms with Crippen LogP contribution in [0, 0.1) is 0 Å². The van der Waals surface area contributed by atoms with Crippen LogP contribution in [0.25, 0.3) is 0 Å². The summed E-state index contributed by atoms with van der Waals surface area (Å²) in [5, 5.41) is -0.229. The Kier molecular flexibility index (Phi) is 4.27. The summed E-state index contributed by atoms with van der Waals surface area (Å²) in [4.78, 5) is 0.0768. The zero-order valence-corrected chi connectivity index (χ0v) is 10.7. The molecule has 0 heterocycles. The lowest BCUT2D eigenvalue weighted by atomic mass is 10.3. The SMILES string of the molecule is NCCN(C(N)=S)S(=O)(=O)c1ccc(N)cc1. The smallest absolute Gasteiger partial charge is 0.266 e. The van der Waals surface area contributed by atoms with Gasteiger partial charge in [-0.3, -0.25) is 0 Å². The van der Waals surface area contributed by atoms with Gasteiger partial charge in [0.05, 0.1) is 4.90 Å². The summed E-state index contributed by atoms with van der Waals surface area (Å²) in [5.74, 6) is 0. The number of thiocarbonyl (C=S) groups is 1. The van der Waals surface area contributed by atoms with E-state index in [2.05, 4.69) is 0 Å². The van der Waals surface area contributed by atoms with Crippen LogP contribution in [0.1, 0.15) is 0 Å². The van der Waals surface area contributed by atoms with E-state index >= 15 is 0 Å². The molecule has 1 rings (SSSR count). The highest BCUT2D eigenvalue weighted by atomic mass is 32.2. The number of anilines is 1. The van der Waals surface area contributed by atoms with Crippen LogP contribution in [0.2, 0.25) is 0 Å². The Balaban J connectivity index is 3.16. The second-order valence-corrected chi connectivity index (χ2v) is 5.55. The molecular weight excluding hydrogens is 260 g/mol. The van der Waals surface area contributed by atoms with Crippen molar-refractivity contribution in [1.82, 2.24) is 4.31 Å². The van der Waals surface area contributed by atoms with E-state index in [0.717, 1.165) is 4.31 Å². The molecule has 0 aromatic heterocycles. The fraction of sp³-hybridized carbons (Fsp3) is 0.222. The Labute approximate surface area is 105 Å². The lowest BCUT2D eigenvalue weighted by Crippen LogP contribution is -2.43. The predicted molar refractivity (Wildman–Crippen MR) is 70.6 cm³/mol. The Morgan fingerprint density at radius 3 is 2.24 bits per heavy atom. The second-order valence-electron chi connectivity index (χ2n) is 3.27. The van der Waals surface area contributed by atoms with Crippen LogP contribution >= 0.6 is 12.2 Å². The highest BCUT2D eigenvalue weighted by molar-refractivity contribution is 7.91. The topological polar surface area (TPSA) is 115 Å². The molecule has 8 heteroatoms. The number of benzene rings is 1. The van der Waals surface area contributed by atoms with E-state index in [4.69, 9.17) is 29.4 Å². The van der Waals surface area contributed by atoms with Crippen molar-refractivity contribution in [3.8, 4) is 0 Å². The lowest BCUT2D eigenvalue weighted by molar-refractivity contribution is 0.526. The largest absolute Gasteiger partial charge is 0.399 e. The molecule has 0 bridgehead atoms. The number of hydrogen-bond acceptors (Lipinski definition) is 5. The summed E-state index contributed by atoms with van der Waals surface area (Å²) in [6, 6.07) is 5.78. The van der Waals surface area contributed by atoms with Crippen molar-refractivity contribution in [1.29, 1.82) is 0 Å². The predicted octanol–water partition coefficient (Wildman–Crippen LogP) is -0.538. The molecule has 0 fully saturated rings. The van der Waals surface area contributed by atoms with Gasteiger partial charge in [0, 0.05) is 18.8 Å². The third-order valence-corrected chi connectivity index (χ3v) is 4.21. The Hall–Kier alpha value is -1.38. The second kappa shape index (κ2) is 5.30. The first kappa shape index (κ1) is 13.7. The van der Waals surface area contributed by atoms with Gasteiger partial charge in [0.15, 0.2) is 5.11 Å². The molecule has 17 heavy (non-hydrogen) atoms. The molecule has 94 valence electrons. The zero-order valence-electron chi connectivity index (χ0n) is 9.04. The molecule has 0 saturated carbocycles. The summed E-state index contributed by atoms with van der Waals surface area (Å²) in [5.41, 5.74) is 16.7. The number of sulfonamides is 1. The number of hydrogen-bond donors (Lipinski definition) is 3. The van der Waals surface area contributed by atoms with Crippen molar-refractivity contribution < 1.29 is 8.42 Å². The molecule has 0 unspecified atom stereocenters. The number of nitrogens with zero attached hydrogens (tertiary/aromatic N) is 1. The molecule has 0 amide bonds. The maximum absolute atomic E-state index is 12.1. The fourth-order valence-electron chi connectivity index (χ4n) is 1.23. The Morgan fingerprint density at radius 2 is 1.82 bits per heavy atom. The van der Waals surface area contributed by atoms with E-state index in [1.165, 1.54) is 24.3 Å². The van der Waals surface area contributed by atoms with Gasteiger partial charge in [-0.15, -0.1) is 0 Å². The van der Waals surface area contributed by atoms with E-state index in [1.807, 2.05) is 0 Å². The van der Waals surface area contributed by atoms with Crippen LogP contribution in [-0.2, 0) is 10.0 Å². The van der Waals surface area contributed by atoms with Crippen LogP contribution in [0.3, 0.4) is 0 Å². The van der Waals surface area contributed by atoms with Crippen molar-refractivity contribution in [2.45, 2.75) is 4.90 Å². The first-order chi connectivity index (χ1) is 7.89. The van der Waals surface area contributed by atoms with Crippen LogP contribution in [0.4, 0.5) is 5.69 Å². The average Bonchev–Trinajstić information content (AvgIpc) is 2.25. The Bertz CT molecular complexity index is 498. The maximum Gasteiger partial charge on any atom is 0.266 e. The van der Waals surface area contributed by atoms with Crippen LogP contribution < -0.4 is 17.2 Å². The quantitative estimate of drug-likeness (QED) is 0.502. The third kappa shape index (κ3) is 3.05. The number of nitrogens with two attached hydrogens (primary N) is 3. The molecule has 1 aromatic carbocycles. The van der Waals surface area contributed by atoms with Crippen molar-refractivity contribution in [2.75, 3.05) is 18.8 Å². The van der Waals surface area contributed by atoms with Crippen molar-refractivity contribution in [3.63, 3.8) is 0 Å². The van der Waals surface area contributed by atoms with Crippen LogP contribution in [0.5, 0.6) is 0 Å². The van der Waals surface area contributed by atoms with E-state index in [9.17, 15) is 8.42 Å². The van der Waals surface area contributed by atoms with Crippen molar-refractivity contribution >= 4 is 33.0 Å². The third-order valence-electron chi connectivity index (χ3n) is 2.05. The normalized spacial score (nSPS) is 11.1. The highest BCUT2D eigenvalue weighted by Gasteiger charge is 2.24. The summed E-state index contributed by atoms with van der Waals surface area (Å²) in [6.07, 6.45) is 0. The fourth-order valence-corrected chi connectivity index (χ4v) is 2.94. The Morgan fingerprint density at radius 1 is 1.29 bits per heavy atom. The minimum absolute atomic E-state index is 0.0437. The van der Waals surface area contributed by atoms with Gasteiger partial charge in [0.25, 0.3) is 10.0 Å². The monoisotopic (exact) mass is 274 g/mol. The molecule has 1 aromatic rings. The van der Waals surface area contributed by atoms with E-state index in [0.29, 0.717) is 5.69 Å². The molecule has 0 aliphatic rings. The molecule has 0 radical (unpaired) electrons. The number of nitrogen functional groups attached to an aromatic ring is 1. The molecule has 0 spiro atoms. The number of rotatable bonds is 4. The first-order valence-corrected chi connectivity index (χ1v) is 6.62. The van der Waals surface area contributed by atoms with Gasteiger partial charge in [0.2, 0.25) is 0 Å². The summed E-state index contributed by atoms with van der Waals surface area (Å²) >= 11 is 4.70. The molecule has 0 aliphatic carbocycles. The van der Waals surface area contributed by atoms with Gasteiger partial charge in [0.1, 0.15) is 0 Å². The highest BCUT2D eigenvalue weighted by Crippen LogP contribution is 2.16. The van der Waals surface area contributed by atoms with E-state index in [1.54, 1.807) is 0 Å². The van der Waals surface area contributed by atoms with Gasteiger partial charge in [-0.1, -0.05) is 0 Å². The minimum atomic E-state index is -3.75. The molecule has 0 aliphatic heterocycles. The molecule has 0 atom stereocenters. The average molecular weight is 274 g/mol. The molecule has 6 N–H and O–H groups in total. The maximum atomic E-state index is 12.1. The molecule has 6 nitrogen and oxygen atoms in total. The van der Waals surface area contributed by atoms with Crippen LogP contribution in [0.15, 0.2) is 29.2 Å². The van der Waals surface area contributed by atoms with E-state index in [-0.39, 0.29) is 23.1 Å². The molecule has 0 saturated heterocycles. The zero-order chi connectivity index (χ0) is 13.1. The summed E-state index contributed by atoms with van der Waals surface area (Å²) in [7, 11) is -3.75. The van der Waals surface area contributed by atoms with Crippen molar-refractivity contribution in [2.24, 2.45) is 11.5 Å². The first-order valence-electron chi connectivity index (χ1n) is 4.77. The lowest BCUT2D eigenvalue weighted by Gasteiger charge is -2.21. The van der Waals surface area contributed by atoms with Gasteiger partial charge in [-0.25, -0.2) is 12.7 Å². The van der Waals surface area contributed by atoms with E-state index < -0.39 is 10.0 Å². The van der Waals surface area contributed by atoms with Gasteiger partial charge in [-0.2, -0.15) is 0 Å². The minimum Gasteiger partial charge on any atom is -0.399 e. The summed E-state index contributed by atoms with van der Waals surface area (Å²) < 4.78 is 25.2. The van der Waals surface area contributed by atoms with Gasteiger partial charge < -0.3 is 17.2 Å². The summed E-state index contributed by atoms with van der Waals surface area (Å²) in [6.45, 7) is 0.174. The van der Waals surface area contributed by atoms with Gasteiger partial charge >= 0.3 is 0 Å². The standard InChI is InChI=1S/C9H14N4O2S2/c10-5-6-13(9(12)16)17(14,15)8-3-1-7(11)2-4-8/h1-4H,5-6,10-11H2,(H2,12,16).